The smallest absolute Gasteiger partial charge is 0.325 e. The quantitative estimate of drug-likeness (QED) is 0.711. The number of carbonyl (C=O) groups is 1. The van der Waals surface area contributed by atoms with Gasteiger partial charge in [0.05, 0.1) is 6.10 Å². The minimum Gasteiger partial charge on any atom is -0.508 e. The lowest BCUT2D eigenvalue weighted by atomic mass is 9.90. The number of aromatic hydroxyl groups is 1. The topological polar surface area (TPSA) is 81.0 Å². The lowest BCUT2D eigenvalue weighted by molar-refractivity contribution is -0.144. The molecule has 1 heterocycles. The zero-order valence-corrected chi connectivity index (χ0v) is 9.50. The van der Waals surface area contributed by atoms with Crippen molar-refractivity contribution in [2.75, 3.05) is 13.1 Å². The number of carboxylic acid groups (broad SMARTS) is 1. The predicted molar refractivity (Wildman–Crippen MR) is 60.7 cm³/mol. The third kappa shape index (κ3) is 1.99. The first-order valence-corrected chi connectivity index (χ1v) is 5.52. The summed E-state index contributed by atoms with van der Waals surface area (Å²) in [6, 6.07) is 3.69. The molecule has 1 aromatic carbocycles. The van der Waals surface area contributed by atoms with E-state index in [1.165, 1.54) is 12.1 Å². The van der Waals surface area contributed by atoms with E-state index < -0.39 is 18.1 Å². The number of rotatable bonds is 2. The number of aliphatic hydroxyl groups is 1. The fraction of sp³-hybridized carbons (Fsp3) is 0.417. The largest absolute Gasteiger partial charge is 0.508 e. The molecule has 0 bridgehead atoms. The van der Waals surface area contributed by atoms with E-state index in [1.54, 1.807) is 11.0 Å². The molecule has 0 aromatic heterocycles. The van der Waals surface area contributed by atoms with Crippen LogP contribution >= 0.6 is 0 Å². The van der Waals surface area contributed by atoms with Crippen molar-refractivity contribution < 1.29 is 20.1 Å². The Hall–Kier alpha value is -1.59. The summed E-state index contributed by atoms with van der Waals surface area (Å²) in [5, 5.41) is 28.6. The van der Waals surface area contributed by atoms with Gasteiger partial charge in [0.25, 0.3) is 0 Å². The highest BCUT2D eigenvalue weighted by Gasteiger charge is 2.35. The Morgan fingerprint density at radius 1 is 1.47 bits per heavy atom. The Balaban J connectivity index is 2.52. The minimum absolute atomic E-state index is 0.0388. The van der Waals surface area contributed by atoms with Crippen LogP contribution in [0.3, 0.4) is 0 Å². The number of nitrogens with zero attached hydrogens (tertiary/aromatic N) is 1. The Labute approximate surface area is 98.9 Å². The molecule has 0 amide bonds. The molecule has 2 atom stereocenters. The third-order valence-electron chi connectivity index (χ3n) is 3.14. The van der Waals surface area contributed by atoms with E-state index in [4.69, 9.17) is 0 Å². The second-order valence-electron chi connectivity index (χ2n) is 4.16. The number of hydrogen-bond acceptors (Lipinski definition) is 4. The van der Waals surface area contributed by atoms with Gasteiger partial charge in [0.15, 0.2) is 0 Å². The number of aliphatic carboxylic acids is 1. The average Bonchev–Trinajstić information content (AvgIpc) is 2.28. The molecule has 3 N–H and O–H groups in total. The van der Waals surface area contributed by atoms with Crippen molar-refractivity contribution in [1.29, 1.82) is 0 Å². The van der Waals surface area contributed by atoms with Gasteiger partial charge in [-0.25, -0.2) is 0 Å². The lowest BCUT2D eigenvalue weighted by Gasteiger charge is -2.36. The molecular weight excluding hydrogens is 222 g/mol. The van der Waals surface area contributed by atoms with Crippen LogP contribution in [0.1, 0.15) is 30.2 Å². The SMILES string of the molecule is CCN1C[C@@H](O)c2cc(O)ccc2[C@H]1C(=O)O. The molecule has 17 heavy (non-hydrogen) atoms. The minimum atomic E-state index is -0.939. The van der Waals surface area contributed by atoms with Crippen LogP contribution in [0.5, 0.6) is 5.75 Å². The molecule has 0 saturated carbocycles. The number of β-amino-alcohol motifs (C(OH)–C–C–N with tert-alkyl or cyclic N) is 1. The van der Waals surface area contributed by atoms with E-state index in [-0.39, 0.29) is 12.3 Å². The normalized spacial score (nSPS) is 24.4. The number of carboxylic acids is 1. The zero-order chi connectivity index (χ0) is 12.6. The average molecular weight is 237 g/mol. The summed E-state index contributed by atoms with van der Waals surface area (Å²) in [7, 11) is 0. The number of likely N-dealkylation sites (N-methyl/N-ethyl adjacent to an activating group) is 1. The van der Waals surface area contributed by atoms with Crippen molar-refractivity contribution in [3.63, 3.8) is 0 Å². The molecule has 0 spiro atoms. The van der Waals surface area contributed by atoms with Crippen molar-refractivity contribution in [2.24, 2.45) is 0 Å². The van der Waals surface area contributed by atoms with Crippen LogP contribution in [0.4, 0.5) is 0 Å². The van der Waals surface area contributed by atoms with E-state index in [9.17, 15) is 20.1 Å². The van der Waals surface area contributed by atoms with Gasteiger partial charge < -0.3 is 15.3 Å². The first kappa shape index (κ1) is 11.9. The van der Waals surface area contributed by atoms with Gasteiger partial charge in [0, 0.05) is 6.54 Å². The molecule has 0 fully saturated rings. The number of phenolic OH excluding ortho intramolecular Hbond substituents is 1. The number of phenols is 1. The lowest BCUT2D eigenvalue weighted by Crippen LogP contribution is -2.41. The fourth-order valence-electron chi connectivity index (χ4n) is 2.32. The van der Waals surface area contributed by atoms with Crippen LogP contribution in [0, 0.1) is 0 Å². The standard InChI is InChI=1S/C12H15NO4/c1-2-13-6-10(15)9-5-7(14)3-4-8(9)11(13)12(16)17/h3-5,10-11,14-15H,2,6H2,1H3,(H,16,17)/t10-,11+/m1/s1. The van der Waals surface area contributed by atoms with Crippen LogP contribution in [0.15, 0.2) is 18.2 Å². The first-order valence-electron chi connectivity index (χ1n) is 5.52. The monoisotopic (exact) mass is 237 g/mol. The number of aliphatic hydroxyl groups excluding tert-OH is 1. The van der Waals surface area contributed by atoms with Gasteiger partial charge in [-0.3, -0.25) is 9.69 Å². The van der Waals surface area contributed by atoms with Gasteiger partial charge >= 0.3 is 5.97 Å². The van der Waals surface area contributed by atoms with Crippen LogP contribution in [0.2, 0.25) is 0 Å². The molecule has 2 rings (SSSR count). The van der Waals surface area contributed by atoms with E-state index in [2.05, 4.69) is 0 Å². The van der Waals surface area contributed by atoms with Crippen molar-refractivity contribution in [3.05, 3.63) is 29.3 Å². The second kappa shape index (κ2) is 4.35. The second-order valence-corrected chi connectivity index (χ2v) is 4.16. The van der Waals surface area contributed by atoms with Gasteiger partial charge in [-0.2, -0.15) is 0 Å². The Morgan fingerprint density at radius 2 is 2.18 bits per heavy atom. The molecule has 5 nitrogen and oxygen atoms in total. The van der Waals surface area contributed by atoms with Crippen molar-refractivity contribution in [3.8, 4) is 5.75 Å². The first-order chi connectivity index (χ1) is 8.04. The van der Waals surface area contributed by atoms with E-state index in [1.807, 2.05) is 6.92 Å². The van der Waals surface area contributed by atoms with E-state index in [0.29, 0.717) is 17.7 Å². The summed E-state index contributed by atoms with van der Waals surface area (Å²) in [5.74, 6) is -0.900. The van der Waals surface area contributed by atoms with Gasteiger partial charge in [-0.1, -0.05) is 13.0 Å². The summed E-state index contributed by atoms with van der Waals surface area (Å²) < 4.78 is 0. The molecule has 5 heteroatoms. The molecule has 1 aliphatic rings. The highest BCUT2D eigenvalue weighted by Crippen LogP contribution is 2.36. The van der Waals surface area contributed by atoms with Crippen LogP contribution in [-0.4, -0.2) is 39.3 Å². The molecule has 0 aliphatic carbocycles. The summed E-state index contributed by atoms with van der Waals surface area (Å²) in [4.78, 5) is 13.0. The van der Waals surface area contributed by atoms with E-state index in [0.717, 1.165) is 0 Å². The maximum atomic E-state index is 11.3. The van der Waals surface area contributed by atoms with Crippen LogP contribution in [0.25, 0.3) is 0 Å². The van der Waals surface area contributed by atoms with E-state index >= 15 is 0 Å². The molecule has 0 saturated heterocycles. The van der Waals surface area contributed by atoms with Gasteiger partial charge in [0.2, 0.25) is 0 Å². The zero-order valence-electron chi connectivity index (χ0n) is 9.50. The van der Waals surface area contributed by atoms with Crippen molar-refractivity contribution >= 4 is 5.97 Å². The molecule has 1 aliphatic heterocycles. The van der Waals surface area contributed by atoms with Gasteiger partial charge in [0.1, 0.15) is 11.8 Å². The number of benzene rings is 1. The maximum absolute atomic E-state index is 11.3. The molecule has 92 valence electrons. The highest BCUT2D eigenvalue weighted by molar-refractivity contribution is 5.77. The van der Waals surface area contributed by atoms with Crippen LogP contribution in [-0.2, 0) is 4.79 Å². The third-order valence-corrected chi connectivity index (χ3v) is 3.14. The summed E-state index contributed by atoms with van der Waals surface area (Å²) in [5.41, 5.74) is 1.05. The summed E-state index contributed by atoms with van der Waals surface area (Å²) >= 11 is 0. The molecular formula is C12H15NO4. The maximum Gasteiger partial charge on any atom is 0.325 e. The number of fused-ring (bicyclic) bond motifs is 1. The Kier molecular flexibility index (Phi) is 3.04. The summed E-state index contributed by atoms with van der Waals surface area (Å²) in [6.07, 6.45) is -0.757. The fourth-order valence-corrected chi connectivity index (χ4v) is 2.32. The van der Waals surface area contributed by atoms with Gasteiger partial charge in [-0.15, -0.1) is 0 Å². The molecule has 0 unspecified atom stereocenters. The van der Waals surface area contributed by atoms with Gasteiger partial charge in [-0.05, 0) is 29.8 Å². The number of hydrogen-bond donors (Lipinski definition) is 3. The van der Waals surface area contributed by atoms with Crippen molar-refractivity contribution in [1.82, 2.24) is 4.90 Å². The van der Waals surface area contributed by atoms with Crippen LogP contribution < -0.4 is 0 Å². The summed E-state index contributed by atoms with van der Waals surface area (Å²) in [6.45, 7) is 2.67. The highest BCUT2D eigenvalue weighted by atomic mass is 16.4. The molecule has 0 radical (unpaired) electrons. The Bertz CT molecular complexity index is 446. The molecule has 1 aromatic rings. The predicted octanol–water partition coefficient (Wildman–Crippen LogP) is 0.887. The van der Waals surface area contributed by atoms with Crippen molar-refractivity contribution in [2.45, 2.75) is 19.1 Å². The Morgan fingerprint density at radius 3 is 2.76 bits per heavy atom.